The summed E-state index contributed by atoms with van der Waals surface area (Å²) in [5.41, 5.74) is 4.67. The maximum Gasteiger partial charge on any atom is 0.418 e. The summed E-state index contributed by atoms with van der Waals surface area (Å²) in [6, 6.07) is -1.90. The molecular weight excluding hydrogens is 370 g/mol. The van der Waals surface area contributed by atoms with Crippen LogP contribution in [0.4, 0.5) is 4.79 Å². The van der Waals surface area contributed by atoms with Crippen molar-refractivity contribution in [3.63, 3.8) is 0 Å². The van der Waals surface area contributed by atoms with Crippen LogP contribution in [0.3, 0.4) is 0 Å². The molecular formula is C13H23N5O7S. The molecule has 1 heterocycles. The second-order valence-corrected chi connectivity index (χ2v) is 6.17. The normalized spacial score (nSPS) is 12.4. The van der Waals surface area contributed by atoms with Crippen LogP contribution in [0.5, 0.6) is 0 Å². The smallest absolute Gasteiger partial charge is 0.348 e. The van der Waals surface area contributed by atoms with Crippen molar-refractivity contribution in [2.45, 2.75) is 39.2 Å². The van der Waals surface area contributed by atoms with Crippen LogP contribution in [0, 0.1) is 0 Å². The van der Waals surface area contributed by atoms with Crippen molar-refractivity contribution >= 4 is 22.3 Å². The number of carbonyl (C=O) groups excluding carboxylic acids is 2. The molecule has 1 rings (SSSR count). The summed E-state index contributed by atoms with van der Waals surface area (Å²) in [6.07, 6.45) is 4.54. The highest BCUT2D eigenvalue weighted by molar-refractivity contribution is 7.80. The zero-order valence-electron chi connectivity index (χ0n) is 14.5. The lowest BCUT2D eigenvalue weighted by atomic mass is 10.1. The molecule has 4 N–H and O–H groups in total. The van der Waals surface area contributed by atoms with E-state index in [0.29, 0.717) is 19.3 Å². The van der Waals surface area contributed by atoms with Gasteiger partial charge in [-0.15, -0.1) is 4.28 Å². The first kappa shape index (κ1) is 21.8. The fraction of sp³-hybridized carbons (Fsp3) is 0.615. The number of aromatic nitrogens is 2. The molecule has 0 bridgehead atoms. The van der Waals surface area contributed by atoms with Crippen molar-refractivity contribution in [2.75, 3.05) is 13.2 Å². The van der Waals surface area contributed by atoms with Gasteiger partial charge in [0.25, 0.3) is 5.91 Å². The molecule has 0 aliphatic carbocycles. The topological polar surface area (TPSA) is 163 Å². The lowest BCUT2D eigenvalue weighted by Gasteiger charge is -2.29. The standard InChI is InChI=1S/C13H23N5O7S/c1-3-5-11(18(4-2)13(20)17-25-26(21,22)23)12(19)16-24-7-6-10-8-14-9-15-10/h8-9,11H,3-7H2,1-2H3,(H,14,15)(H,16,19)(H,17,20)(H,21,22,23)/t11-/m0/s1. The van der Waals surface area contributed by atoms with Crippen molar-refractivity contribution in [3.8, 4) is 0 Å². The van der Waals surface area contributed by atoms with Gasteiger partial charge in [0, 0.05) is 24.9 Å². The molecule has 1 aromatic heterocycles. The van der Waals surface area contributed by atoms with E-state index < -0.39 is 28.4 Å². The third-order valence-corrected chi connectivity index (χ3v) is 3.57. The van der Waals surface area contributed by atoms with E-state index in [2.05, 4.69) is 19.7 Å². The van der Waals surface area contributed by atoms with Gasteiger partial charge in [-0.05, 0) is 13.3 Å². The van der Waals surface area contributed by atoms with Crippen LogP contribution in [0.2, 0.25) is 0 Å². The lowest BCUT2D eigenvalue weighted by molar-refractivity contribution is -0.138. The Hall–Kier alpha value is -2.22. The van der Waals surface area contributed by atoms with E-state index in [1.165, 1.54) is 6.33 Å². The van der Waals surface area contributed by atoms with Crippen LogP contribution in [0.1, 0.15) is 32.4 Å². The van der Waals surface area contributed by atoms with Crippen LogP contribution in [-0.4, -0.2) is 59.0 Å². The minimum atomic E-state index is -4.85. The molecule has 0 spiro atoms. The van der Waals surface area contributed by atoms with E-state index in [9.17, 15) is 18.0 Å². The molecule has 0 aliphatic heterocycles. The third kappa shape index (κ3) is 7.77. The number of amides is 3. The molecule has 0 saturated heterocycles. The number of H-pyrrole nitrogens is 1. The predicted octanol–water partition coefficient (Wildman–Crippen LogP) is -0.0654. The molecule has 148 valence electrons. The molecule has 3 amide bonds. The van der Waals surface area contributed by atoms with Crippen molar-refractivity contribution in [3.05, 3.63) is 18.2 Å². The summed E-state index contributed by atoms with van der Waals surface area (Å²) in [7, 11) is -4.85. The zero-order valence-corrected chi connectivity index (χ0v) is 15.3. The Bertz CT molecular complexity index is 664. The van der Waals surface area contributed by atoms with E-state index >= 15 is 0 Å². The van der Waals surface area contributed by atoms with Gasteiger partial charge >= 0.3 is 16.4 Å². The molecule has 1 atom stereocenters. The van der Waals surface area contributed by atoms with Gasteiger partial charge in [0.05, 0.1) is 12.9 Å². The fourth-order valence-corrected chi connectivity index (χ4v) is 2.30. The molecule has 13 heteroatoms. The summed E-state index contributed by atoms with van der Waals surface area (Å²) in [5.74, 6) is -0.569. The van der Waals surface area contributed by atoms with Gasteiger partial charge < -0.3 is 9.88 Å². The molecule has 12 nitrogen and oxygen atoms in total. The molecule has 0 aliphatic rings. The first-order chi connectivity index (χ1) is 12.3. The summed E-state index contributed by atoms with van der Waals surface area (Å²) in [5, 5.41) is 0. The largest absolute Gasteiger partial charge is 0.418 e. The maximum atomic E-state index is 12.3. The van der Waals surface area contributed by atoms with E-state index in [-0.39, 0.29) is 13.2 Å². The number of aromatic amines is 1. The number of hydrogen-bond donors (Lipinski definition) is 4. The van der Waals surface area contributed by atoms with Gasteiger partial charge in [0.2, 0.25) is 0 Å². The van der Waals surface area contributed by atoms with Crippen molar-refractivity contribution in [2.24, 2.45) is 0 Å². The highest BCUT2D eigenvalue weighted by Crippen LogP contribution is 2.08. The second-order valence-electron chi connectivity index (χ2n) is 5.15. The third-order valence-electron chi connectivity index (χ3n) is 3.28. The Labute approximate surface area is 151 Å². The highest BCUT2D eigenvalue weighted by atomic mass is 32.3. The minimum absolute atomic E-state index is 0.0902. The number of urea groups is 1. The fourth-order valence-electron chi connectivity index (χ4n) is 2.13. The van der Waals surface area contributed by atoms with E-state index in [4.69, 9.17) is 9.39 Å². The number of nitrogens with zero attached hydrogens (tertiary/aromatic N) is 2. The van der Waals surface area contributed by atoms with Crippen LogP contribution < -0.4 is 11.0 Å². The van der Waals surface area contributed by atoms with Gasteiger partial charge in [0.1, 0.15) is 6.04 Å². The number of imidazole rings is 1. The monoisotopic (exact) mass is 393 g/mol. The number of rotatable bonds is 11. The van der Waals surface area contributed by atoms with Gasteiger partial charge in [-0.3, -0.25) is 14.2 Å². The number of hydroxylamine groups is 2. The molecule has 26 heavy (non-hydrogen) atoms. The Morgan fingerprint density at radius 2 is 2.12 bits per heavy atom. The van der Waals surface area contributed by atoms with Gasteiger partial charge in [-0.1, -0.05) is 13.3 Å². The maximum absolute atomic E-state index is 12.3. The summed E-state index contributed by atoms with van der Waals surface area (Å²) in [6.45, 7) is 3.70. The molecule has 1 aromatic rings. The van der Waals surface area contributed by atoms with Crippen LogP contribution in [0.25, 0.3) is 0 Å². The Kier molecular flexibility index (Phi) is 8.98. The highest BCUT2D eigenvalue weighted by Gasteiger charge is 2.29. The Balaban J connectivity index is 2.58. The first-order valence-corrected chi connectivity index (χ1v) is 9.26. The van der Waals surface area contributed by atoms with Crippen molar-refractivity contribution in [1.29, 1.82) is 0 Å². The number of hydrogen-bond acceptors (Lipinski definition) is 7. The van der Waals surface area contributed by atoms with Gasteiger partial charge in [-0.25, -0.2) is 15.3 Å². The Morgan fingerprint density at radius 3 is 2.65 bits per heavy atom. The summed E-state index contributed by atoms with van der Waals surface area (Å²) in [4.78, 5) is 37.2. The molecule has 0 saturated carbocycles. The quantitative estimate of drug-likeness (QED) is 0.231. The average Bonchev–Trinajstić information content (AvgIpc) is 3.09. The molecule has 0 aromatic carbocycles. The molecule has 0 unspecified atom stereocenters. The predicted molar refractivity (Wildman–Crippen MR) is 88.6 cm³/mol. The first-order valence-electron chi connectivity index (χ1n) is 7.89. The van der Waals surface area contributed by atoms with Crippen molar-refractivity contribution < 1.29 is 31.7 Å². The van der Waals surface area contributed by atoms with Gasteiger partial charge in [0.15, 0.2) is 0 Å². The van der Waals surface area contributed by atoms with E-state index in [1.54, 1.807) is 18.6 Å². The van der Waals surface area contributed by atoms with Crippen LogP contribution in [0.15, 0.2) is 12.5 Å². The van der Waals surface area contributed by atoms with Gasteiger partial charge in [-0.2, -0.15) is 13.9 Å². The Morgan fingerprint density at radius 1 is 1.38 bits per heavy atom. The number of carbonyl (C=O) groups is 2. The number of likely N-dealkylation sites (N-methyl/N-ethyl adjacent to an activating group) is 1. The van der Waals surface area contributed by atoms with Crippen LogP contribution in [-0.2, 0) is 30.7 Å². The molecule has 0 fully saturated rings. The van der Waals surface area contributed by atoms with E-state index in [0.717, 1.165) is 10.6 Å². The summed E-state index contributed by atoms with van der Waals surface area (Å²) >= 11 is 0. The second kappa shape index (κ2) is 10.7. The number of nitrogens with one attached hydrogen (secondary N) is 3. The SMILES string of the molecule is CCC[C@@H](C(=O)NOCCc1cnc[nH]1)N(CC)C(=O)NOS(=O)(=O)O. The lowest BCUT2D eigenvalue weighted by Crippen LogP contribution is -2.53. The summed E-state index contributed by atoms with van der Waals surface area (Å²) < 4.78 is 33.4. The minimum Gasteiger partial charge on any atom is -0.348 e. The average molecular weight is 393 g/mol. The zero-order chi connectivity index (χ0) is 19.6. The van der Waals surface area contributed by atoms with Crippen LogP contribution >= 0.6 is 0 Å². The molecule has 0 radical (unpaired) electrons. The van der Waals surface area contributed by atoms with Crippen molar-refractivity contribution in [1.82, 2.24) is 25.8 Å². The van der Waals surface area contributed by atoms with E-state index in [1.807, 2.05) is 6.92 Å².